The van der Waals surface area contributed by atoms with Gasteiger partial charge in [-0.15, -0.1) is 0 Å². The molecule has 0 rings (SSSR count). The maximum atomic E-state index is 11.6. The summed E-state index contributed by atoms with van der Waals surface area (Å²) < 4.78 is 0. The molecule has 0 aromatic rings. The van der Waals surface area contributed by atoms with Gasteiger partial charge in [-0.3, -0.25) is 19.2 Å². The molecule has 0 heterocycles. The zero-order valence-corrected chi connectivity index (χ0v) is 17.2. The van der Waals surface area contributed by atoms with Crippen molar-refractivity contribution in [1.82, 2.24) is 16.0 Å². The highest BCUT2D eigenvalue weighted by molar-refractivity contribution is 5.88. The molecule has 0 aromatic heterocycles. The molecule has 0 unspecified atom stereocenters. The Bertz CT molecular complexity index is 469. The number of unbranched alkanes of at least 4 members (excludes halogenated alkanes) is 9. The van der Waals surface area contributed by atoms with E-state index in [1.54, 1.807) is 0 Å². The quantitative estimate of drug-likeness (QED) is 0.263. The molecule has 0 saturated heterocycles. The van der Waals surface area contributed by atoms with Crippen molar-refractivity contribution in [3.63, 3.8) is 0 Å². The number of rotatable bonds is 18. The van der Waals surface area contributed by atoms with Crippen LogP contribution in [-0.4, -0.2) is 48.4 Å². The Labute approximate surface area is 168 Å². The topological polar surface area (TPSA) is 125 Å². The number of carboxylic acid groups (broad SMARTS) is 1. The third-order valence-electron chi connectivity index (χ3n) is 4.31. The van der Waals surface area contributed by atoms with E-state index in [1.165, 1.54) is 51.4 Å². The summed E-state index contributed by atoms with van der Waals surface area (Å²) in [5.74, 6) is -2.33. The predicted octanol–water partition coefficient (Wildman–Crippen LogP) is 2.12. The first-order chi connectivity index (χ1) is 13.5. The maximum Gasteiger partial charge on any atom is 0.303 e. The third kappa shape index (κ3) is 18.7. The van der Waals surface area contributed by atoms with Crippen LogP contribution in [0.15, 0.2) is 0 Å². The van der Waals surface area contributed by atoms with Crippen LogP contribution in [0.5, 0.6) is 0 Å². The van der Waals surface area contributed by atoms with Crippen LogP contribution < -0.4 is 16.0 Å². The van der Waals surface area contributed by atoms with Crippen molar-refractivity contribution in [3.8, 4) is 0 Å². The van der Waals surface area contributed by atoms with Crippen LogP contribution in [0.25, 0.3) is 0 Å². The van der Waals surface area contributed by atoms with Gasteiger partial charge in [0.25, 0.3) is 0 Å². The SMILES string of the molecule is CCCCCCCCCCCCNC(=O)CNC(=O)CNC(=O)CCC(=O)O. The molecule has 0 saturated carbocycles. The monoisotopic (exact) mass is 399 g/mol. The van der Waals surface area contributed by atoms with Crippen molar-refractivity contribution >= 4 is 23.7 Å². The molecule has 0 aromatic carbocycles. The van der Waals surface area contributed by atoms with Gasteiger partial charge >= 0.3 is 5.97 Å². The van der Waals surface area contributed by atoms with Gasteiger partial charge in [-0.25, -0.2) is 0 Å². The maximum absolute atomic E-state index is 11.6. The molecule has 0 aliphatic rings. The summed E-state index contributed by atoms with van der Waals surface area (Å²) in [6.07, 6.45) is 11.9. The van der Waals surface area contributed by atoms with Gasteiger partial charge in [0.15, 0.2) is 0 Å². The molecular weight excluding hydrogens is 362 g/mol. The summed E-state index contributed by atoms with van der Waals surface area (Å²) in [6.45, 7) is 2.41. The molecule has 0 fully saturated rings. The molecule has 8 nitrogen and oxygen atoms in total. The Balaban J connectivity index is 3.46. The van der Waals surface area contributed by atoms with Crippen LogP contribution in [0.3, 0.4) is 0 Å². The fourth-order valence-electron chi connectivity index (χ4n) is 2.63. The number of hydrogen-bond acceptors (Lipinski definition) is 4. The molecular formula is C20H37N3O5. The first kappa shape index (κ1) is 25.9. The van der Waals surface area contributed by atoms with E-state index < -0.39 is 17.8 Å². The van der Waals surface area contributed by atoms with Crippen molar-refractivity contribution in [3.05, 3.63) is 0 Å². The molecule has 0 radical (unpaired) electrons. The molecule has 4 N–H and O–H groups in total. The van der Waals surface area contributed by atoms with E-state index in [4.69, 9.17) is 5.11 Å². The van der Waals surface area contributed by atoms with Gasteiger partial charge < -0.3 is 21.1 Å². The van der Waals surface area contributed by atoms with Gasteiger partial charge in [0.2, 0.25) is 17.7 Å². The highest BCUT2D eigenvalue weighted by Gasteiger charge is 2.08. The highest BCUT2D eigenvalue weighted by atomic mass is 16.4. The van der Waals surface area contributed by atoms with E-state index in [2.05, 4.69) is 22.9 Å². The molecule has 0 aliphatic carbocycles. The lowest BCUT2D eigenvalue weighted by molar-refractivity contribution is -0.138. The van der Waals surface area contributed by atoms with Crippen LogP contribution in [0, 0.1) is 0 Å². The summed E-state index contributed by atoms with van der Waals surface area (Å²) in [4.78, 5) is 44.8. The summed E-state index contributed by atoms with van der Waals surface area (Å²) in [6, 6.07) is 0. The Kier molecular flexibility index (Phi) is 16.9. The number of nitrogens with one attached hydrogen (secondary N) is 3. The molecule has 162 valence electrons. The van der Waals surface area contributed by atoms with E-state index in [-0.39, 0.29) is 31.8 Å². The summed E-state index contributed by atoms with van der Waals surface area (Å²) in [7, 11) is 0. The van der Waals surface area contributed by atoms with E-state index in [1.807, 2.05) is 0 Å². The molecule has 0 spiro atoms. The van der Waals surface area contributed by atoms with Crippen LogP contribution in [0.1, 0.15) is 84.0 Å². The predicted molar refractivity (Wildman–Crippen MR) is 108 cm³/mol. The lowest BCUT2D eigenvalue weighted by Gasteiger charge is -2.08. The van der Waals surface area contributed by atoms with E-state index in [0.29, 0.717) is 6.54 Å². The largest absolute Gasteiger partial charge is 0.481 e. The second-order valence-corrected chi connectivity index (χ2v) is 6.98. The van der Waals surface area contributed by atoms with Gasteiger partial charge in [0.05, 0.1) is 19.5 Å². The van der Waals surface area contributed by atoms with E-state index in [0.717, 1.165) is 12.8 Å². The number of carbonyl (C=O) groups excluding carboxylic acids is 3. The van der Waals surface area contributed by atoms with Crippen LogP contribution in [0.4, 0.5) is 0 Å². The van der Waals surface area contributed by atoms with E-state index >= 15 is 0 Å². The lowest BCUT2D eigenvalue weighted by Crippen LogP contribution is -2.42. The molecule has 8 heteroatoms. The normalized spacial score (nSPS) is 10.3. The second kappa shape index (κ2) is 18.3. The van der Waals surface area contributed by atoms with Gasteiger partial charge in [0.1, 0.15) is 0 Å². The Morgan fingerprint density at radius 1 is 0.607 bits per heavy atom. The number of hydrogen-bond donors (Lipinski definition) is 4. The van der Waals surface area contributed by atoms with Crippen molar-refractivity contribution in [2.75, 3.05) is 19.6 Å². The van der Waals surface area contributed by atoms with Gasteiger partial charge in [-0.05, 0) is 6.42 Å². The zero-order valence-electron chi connectivity index (χ0n) is 17.2. The minimum atomic E-state index is -1.07. The van der Waals surface area contributed by atoms with Crippen molar-refractivity contribution in [1.29, 1.82) is 0 Å². The average molecular weight is 400 g/mol. The first-order valence-corrected chi connectivity index (χ1v) is 10.5. The van der Waals surface area contributed by atoms with Crippen molar-refractivity contribution < 1.29 is 24.3 Å². The summed E-state index contributed by atoms with van der Waals surface area (Å²) >= 11 is 0. The fourth-order valence-corrected chi connectivity index (χ4v) is 2.63. The van der Waals surface area contributed by atoms with Crippen LogP contribution >= 0.6 is 0 Å². The number of amides is 3. The lowest BCUT2D eigenvalue weighted by atomic mass is 10.1. The smallest absolute Gasteiger partial charge is 0.303 e. The zero-order chi connectivity index (χ0) is 21.0. The molecule has 0 atom stereocenters. The van der Waals surface area contributed by atoms with Crippen LogP contribution in [-0.2, 0) is 19.2 Å². The van der Waals surface area contributed by atoms with E-state index in [9.17, 15) is 19.2 Å². The van der Waals surface area contributed by atoms with Crippen molar-refractivity contribution in [2.24, 2.45) is 0 Å². The molecule has 0 aliphatic heterocycles. The minimum Gasteiger partial charge on any atom is -0.481 e. The third-order valence-corrected chi connectivity index (χ3v) is 4.31. The summed E-state index contributed by atoms with van der Waals surface area (Å²) in [5, 5.41) is 15.9. The number of carboxylic acids is 1. The van der Waals surface area contributed by atoms with Gasteiger partial charge in [-0.2, -0.15) is 0 Å². The Hall–Kier alpha value is -2.12. The van der Waals surface area contributed by atoms with Gasteiger partial charge in [0, 0.05) is 13.0 Å². The molecule has 0 bridgehead atoms. The minimum absolute atomic E-state index is 0.137. The molecule has 28 heavy (non-hydrogen) atoms. The van der Waals surface area contributed by atoms with Gasteiger partial charge in [-0.1, -0.05) is 64.7 Å². The fraction of sp³-hybridized carbons (Fsp3) is 0.800. The highest BCUT2D eigenvalue weighted by Crippen LogP contribution is 2.10. The Morgan fingerprint density at radius 2 is 1.07 bits per heavy atom. The van der Waals surface area contributed by atoms with Crippen molar-refractivity contribution in [2.45, 2.75) is 84.0 Å². The number of carbonyl (C=O) groups is 4. The first-order valence-electron chi connectivity index (χ1n) is 10.5. The van der Waals surface area contributed by atoms with Crippen LogP contribution in [0.2, 0.25) is 0 Å². The second-order valence-electron chi connectivity index (χ2n) is 6.98. The average Bonchev–Trinajstić information content (AvgIpc) is 2.67. The molecule has 3 amide bonds. The summed E-state index contributed by atoms with van der Waals surface area (Å²) in [5.41, 5.74) is 0. The Morgan fingerprint density at radius 3 is 1.61 bits per heavy atom. The standard InChI is InChI=1S/C20H37N3O5/c1-2-3-4-5-6-7-8-9-10-11-14-21-18(25)15-23-19(26)16-22-17(24)12-13-20(27)28/h2-16H2,1H3,(H,21,25)(H,22,24)(H,23,26)(H,27,28). The number of aliphatic carboxylic acids is 1.